The second kappa shape index (κ2) is 5.30. The van der Waals surface area contributed by atoms with Crippen molar-refractivity contribution in [2.45, 2.75) is 6.04 Å². The fraction of sp³-hybridized carbons (Fsp3) is 0.0833. The SMILES string of the molecule is NNC(c1ccc(Cl)cc1F)c1cccnc1N. The molecule has 0 bridgehead atoms. The van der Waals surface area contributed by atoms with E-state index in [2.05, 4.69) is 10.4 Å². The highest BCUT2D eigenvalue weighted by Gasteiger charge is 2.19. The van der Waals surface area contributed by atoms with Crippen molar-refractivity contribution >= 4 is 17.4 Å². The molecule has 0 saturated carbocycles. The van der Waals surface area contributed by atoms with Gasteiger partial charge in [-0.2, -0.15) is 0 Å². The maximum absolute atomic E-state index is 13.9. The molecule has 0 aliphatic heterocycles. The van der Waals surface area contributed by atoms with Crippen LogP contribution in [-0.2, 0) is 0 Å². The Morgan fingerprint density at radius 2 is 2.06 bits per heavy atom. The van der Waals surface area contributed by atoms with Crippen molar-refractivity contribution in [2.75, 3.05) is 5.73 Å². The monoisotopic (exact) mass is 266 g/mol. The van der Waals surface area contributed by atoms with Crippen molar-refractivity contribution in [2.24, 2.45) is 5.84 Å². The van der Waals surface area contributed by atoms with Gasteiger partial charge in [0.2, 0.25) is 0 Å². The molecule has 18 heavy (non-hydrogen) atoms. The predicted molar refractivity (Wildman–Crippen MR) is 69.2 cm³/mol. The number of hydrogen-bond acceptors (Lipinski definition) is 4. The Morgan fingerprint density at radius 1 is 1.28 bits per heavy atom. The van der Waals surface area contributed by atoms with Crippen LogP contribution in [0, 0.1) is 5.82 Å². The average Bonchev–Trinajstić information content (AvgIpc) is 2.34. The summed E-state index contributed by atoms with van der Waals surface area (Å²) in [5.41, 5.74) is 9.27. The molecule has 1 aromatic heterocycles. The van der Waals surface area contributed by atoms with Gasteiger partial charge in [0.1, 0.15) is 11.6 Å². The number of nitrogens with one attached hydrogen (secondary N) is 1. The van der Waals surface area contributed by atoms with Crippen LogP contribution in [0.15, 0.2) is 36.5 Å². The van der Waals surface area contributed by atoms with E-state index >= 15 is 0 Å². The van der Waals surface area contributed by atoms with Crippen LogP contribution in [-0.4, -0.2) is 4.98 Å². The molecule has 2 rings (SSSR count). The maximum atomic E-state index is 13.9. The first-order valence-electron chi connectivity index (χ1n) is 5.25. The fourth-order valence-electron chi connectivity index (χ4n) is 1.76. The van der Waals surface area contributed by atoms with Gasteiger partial charge >= 0.3 is 0 Å². The zero-order valence-electron chi connectivity index (χ0n) is 9.40. The van der Waals surface area contributed by atoms with Crippen molar-refractivity contribution in [3.8, 4) is 0 Å². The lowest BCUT2D eigenvalue weighted by atomic mass is 9.99. The highest BCUT2D eigenvalue weighted by molar-refractivity contribution is 6.30. The third-order valence-electron chi connectivity index (χ3n) is 2.62. The number of nitrogens with zero attached hydrogens (tertiary/aromatic N) is 1. The van der Waals surface area contributed by atoms with E-state index in [1.54, 1.807) is 30.5 Å². The number of anilines is 1. The van der Waals surface area contributed by atoms with Crippen LogP contribution in [0.25, 0.3) is 0 Å². The Labute approximate surface area is 109 Å². The number of pyridine rings is 1. The first kappa shape index (κ1) is 12.8. The lowest BCUT2D eigenvalue weighted by Gasteiger charge is -2.18. The van der Waals surface area contributed by atoms with Crippen molar-refractivity contribution in [3.05, 3.63) is 58.5 Å². The Bertz CT molecular complexity index is 562. The van der Waals surface area contributed by atoms with Crippen LogP contribution in [0.3, 0.4) is 0 Å². The topological polar surface area (TPSA) is 77.0 Å². The van der Waals surface area contributed by atoms with E-state index < -0.39 is 11.9 Å². The molecule has 1 atom stereocenters. The molecule has 0 spiro atoms. The lowest BCUT2D eigenvalue weighted by molar-refractivity contribution is 0.560. The smallest absolute Gasteiger partial charge is 0.129 e. The largest absolute Gasteiger partial charge is 0.383 e. The molecule has 5 N–H and O–H groups in total. The summed E-state index contributed by atoms with van der Waals surface area (Å²) in [6.45, 7) is 0. The second-order valence-electron chi connectivity index (χ2n) is 3.74. The summed E-state index contributed by atoms with van der Waals surface area (Å²) in [4.78, 5) is 3.95. The predicted octanol–water partition coefficient (Wildman–Crippen LogP) is 2.01. The first-order chi connectivity index (χ1) is 8.63. The summed E-state index contributed by atoms with van der Waals surface area (Å²) in [6, 6.07) is 7.26. The van der Waals surface area contributed by atoms with E-state index in [1.165, 1.54) is 6.07 Å². The number of hydrazine groups is 1. The molecule has 0 radical (unpaired) electrons. The molecule has 0 aliphatic rings. The van der Waals surface area contributed by atoms with Gasteiger partial charge in [-0.3, -0.25) is 5.84 Å². The minimum absolute atomic E-state index is 0.301. The fourth-order valence-corrected chi connectivity index (χ4v) is 1.92. The quantitative estimate of drug-likeness (QED) is 0.587. The van der Waals surface area contributed by atoms with Crippen LogP contribution in [0.5, 0.6) is 0 Å². The van der Waals surface area contributed by atoms with Crippen LogP contribution >= 0.6 is 11.6 Å². The van der Waals surface area contributed by atoms with E-state index in [9.17, 15) is 4.39 Å². The van der Waals surface area contributed by atoms with E-state index in [-0.39, 0.29) is 0 Å². The highest BCUT2D eigenvalue weighted by Crippen LogP contribution is 2.28. The Hall–Kier alpha value is -1.69. The molecule has 0 amide bonds. The van der Waals surface area contributed by atoms with E-state index in [0.29, 0.717) is 22.0 Å². The summed E-state index contributed by atoms with van der Waals surface area (Å²) in [5, 5.41) is 0.325. The Kier molecular flexibility index (Phi) is 3.76. The van der Waals surface area contributed by atoms with Crippen LogP contribution in [0.4, 0.5) is 10.2 Å². The van der Waals surface area contributed by atoms with Gasteiger partial charge in [0, 0.05) is 22.3 Å². The number of benzene rings is 1. The second-order valence-corrected chi connectivity index (χ2v) is 4.18. The van der Waals surface area contributed by atoms with Crippen molar-refractivity contribution in [3.63, 3.8) is 0 Å². The van der Waals surface area contributed by atoms with Crippen molar-refractivity contribution in [1.82, 2.24) is 10.4 Å². The molecule has 94 valence electrons. The Balaban J connectivity index is 2.49. The molecule has 1 unspecified atom stereocenters. The van der Waals surface area contributed by atoms with Crippen LogP contribution in [0.2, 0.25) is 5.02 Å². The standard InChI is InChI=1S/C12H12ClFN4/c13-7-3-4-8(10(14)6-7)11(18-16)9-2-1-5-17-12(9)15/h1-6,11,18H,16H2,(H2,15,17). The maximum Gasteiger partial charge on any atom is 0.129 e. The summed E-state index contributed by atoms with van der Waals surface area (Å²) in [7, 11) is 0. The number of nitrogen functional groups attached to an aromatic ring is 1. The number of hydrogen-bond donors (Lipinski definition) is 3. The van der Waals surface area contributed by atoms with E-state index in [4.69, 9.17) is 23.2 Å². The van der Waals surface area contributed by atoms with Crippen molar-refractivity contribution in [1.29, 1.82) is 0 Å². The molecule has 0 fully saturated rings. The van der Waals surface area contributed by atoms with Gasteiger partial charge < -0.3 is 5.73 Å². The zero-order chi connectivity index (χ0) is 13.1. The minimum atomic E-state index is -0.573. The summed E-state index contributed by atoms with van der Waals surface area (Å²) in [6.07, 6.45) is 1.56. The van der Waals surface area contributed by atoms with Gasteiger partial charge in [-0.25, -0.2) is 14.8 Å². The van der Waals surface area contributed by atoms with E-state index in [0.717, 1.165) is 0 Å². The molecule has 4 nitrogen and oxygen atoms in total. The van der Waals surface area contributed by atoms with Crippen LogP contribution < -0.4 is 17.0 Å². The molecular weight excluding hydrogens is 255 g/mol. The van der Waals surface area contributed by atoms with Gasteiger partial charge in [-0.05, 0) is 18.2 Å². The molecule has 0 aliphatic carbocycles. The summed E-state index contributed by atoms with van der Waals surface area (Å²) >= 11 is 5.71. The molecular formula is C12H12ClFN4. The third-order valence-corrected chi connectivity index (χ3v) is 2.86. The van der Waals surface area contributed by atoms with Gasteiger partial charge in [-0.1, -0.05) is 23.7 Å². The van der Waals surface area contributed by atoms with Gasteiger partial charge in [0.05, 0.1) is 6.04 Å². The summed E-state index contributed by atoms with van der Waals surface area (Å²) < 4.78 is 13.9. The number of rotatable bonds is 3. The molecule has 2 aromatic rings. The highest BCUT2D eigenvalue weighted by atomic mass is 35.5. The average molecular weight is 267 g/mol. The van der Waals surface area contributed by atoms with Crippen molar-refractivity contribution < 1.29 is 4.39 Å². The first-order valence-corrected chi connectivity index (χ1v) is 5.62. The third kappa shape index (κ3) is 2.43. The van der Waals surface area contributed by atoms with Gasteiger partial charge in [0.15, 0.2) is 0 Å². The normalized spacial score (nSPS) is 12.4. The van der Waals surface area contributed by atoms with E-state index in [1.807, 2.05) is 0 Å². The lowest BCUT2D eigenvalue weighted by Crippen LogP contribution is -2.30. The molecule has 6 heteroatoms. The number of aromatic nitrogens is 1. The number of nitrogens with two attached hydrogens (primary N) is 2. The zero-order valence-corrected chi connectivity index (χ0v) is 10.2. The number of halogens is 2. The molecule has 0 saturated heterocycles. The summed E-state index contributed by atoms with van der Waals surface area (Å²) in [5.74, 6) is 5.33. The Morgan fingerprint density at radius 3 is 2.67 bits per heavy atom. The molecule has 1 heterocycles. The van der Waals surface area contributed by atoms with Gasteiger partial charge in [-0.15, -0.1) is 0 Å². The van der Waals surface area contributed by atoms with Crippen LogP contribution in [0.1, 0.15) is 17.2 Å². The minimum Gasteiger partial charge on any atom is -0.383 e. The van der Waals surface area contributed by atoms with Gasteiger partial charge in [0.25, 0.3) is 0 Å². The molecule has 1 aromatic carbocycles.